The first kappa shape index (κ1) is 12.3. The van der Waals surface area contributed by atoms with E-state index in [1.54, 1.807) is 18.3 Å². The Bertz CT molecular complexity index is 543. The molecule has 2 aromatic rings. The number of hydrogen-bond donors (Lipinski definition) is 1. The van der Waals surface area contributed by atoms with Gasteiger partial charge in [0.05, 0.1) is 5.56 Å². The summed E-state index contributed by atoms with van der Waals surface area (Å²) in [4.78, 5) is 15.7. The Labute approximate surface area is 116 Å². The summed E-state index contributed by atoms with van der Waals surface area (Å²) in [6, 6.07) is 8.97. The molecule has 1 amide bonds. The predicted molar refractivity (Wildman–Crippen MR) is 74.0 cm³/mol. The van der Waals surface area contributed by atoms with Gasteiger partial charge in [0.2, 0.25) is 0 Å². The SMILES string of the molecule is O=C(Nc1ccc(Br)c(Br)c1)c1cccnc1. The van der Waals surface area contributed by atoms with Crippen molar-refractivity contribution in [3.8, 4) is 0 Å². The fourth-order valence-corrected chi connectivity index (χ4v) is 1.90. The second-order valence-electron chi connectivity index (χ2n) is 3.32. The maximum absolute atomic E-state index is 11.8. The van der Waals surface area contributed by atoms with Crippen molar-refractivity contribution in [2.45, 2.75) is 0 Å². The van der Waals surface area contributed by atoms with Gasteiger partial charge in [0.15, 0.2) is 0 Å². The number of anilines is 1. The molecule has 1 N–H and O–H groups in total. The highest BCUT2D eigenvalue weighted by atomic mass is 79.9. The molecular formula is C12H8Br2N2O. The van der Waals surface area contributed by atoms with Crippen LogP contribution in [-0.2, 0) is 0 Å². The lowest BCUT2D eigenvalue weighted by Crippen LogP contribution is -2.11. The molecule has 0 saturated heterocycles. The Morgan fingerprint density at radius 2 is 2.00 bits per heavy atom. The van der Waals surface area contributed by atoms with Crippen LogP contribution in [0.1, 0.15) is 10.4 Å². The summed E-state index contributed by atoms with van der Waals surface area (Å²) in [5.74, 6) is -0.174. The van der Waals surface area contributed by atoms with Crippen LogP contribution in [0.5, 0.6) is 0 Å². The smallest absolute Gasteiger partial charge is 0.257 e. The largest absolute Gasteiger partial charge is 0.322 e. The highest BCUT2D eigenvalue weighted by Crippen LogP contribution is 2.26. The van der Waals surface area contributed by atoms with Crippen LogP contribution >= 0.6 is 31.9 Å². The number of hydrogen-bond acceptors (Lipinski definition) is 2. The molecule has 0 spiro atoms. The van der Waals surface area contributed by atoms with Crippen molar-refractivity contribution in [3.63, 3.8) is 0 Å². The highest BCUT2D eigenvalue weighted by Gasteiger charge is 2.06. The van der Waals surface area contributed by atoms with E-state index in [0.717, 1.165) is 14.6 Å². The van der Waals surface area contributed by atoms with Gasteiger partial charge < -0.3 is 5.32 Å². The van der Waals surface area contributed by atoms with Crippen LogP contribution in [0, 0.1) is 0 Å². The number of amides is 1. The maximum Gasteiger partial charge on any atom is 0.257 e. The molecule has 0 bridgehead atoms. The monoisotopic (exact) mass is 354 g/mol. The first-order chi connectivity index (χ1) is 8.16. The summed E-state index contributed by atoms with van der Waals surface area (Å²) in [5, 5.41) is 2.80. The van der Waals surface area contributed by atoms with Gasteiger partial charge in [0.25, 0.3) is 5.91 Å². The molecule has 0 radical (unpaired) electrons. The number of aromatic nitrogens is 1. The van der Waals surface area contributed by atoms with Gasteiger partial charge in [-0.1, -0.05) is 0 Å². The molecule has 5 heteroatoms. The molecule has 17 heavy (non-hydrogen) atoms. The van der Waals surface area contributed by atoms with Crippen LogP contribution < -0.4 is 5.32 Å². The molecule has 0 atom stereocenters. The molecule has 3 nitrogen and oxygen atoms in total. The van der Waals surface area contributed by atoms with Crippen molar-refractivity contribution < 1.29 is 4.79 Å². The summed E-state index contributed by atoms with van der Waals surface area (Å²) in [6.45, 7) is 0. The third-order valence-corrected chi connectivity index (χ3v) is 3.98. The zero-order valence-electron chi connectivity index (χ0n) is 8.65. The number of carbonyl (C=O) groups excluding carboxylic acids is 1. The Hall–Kier alpha value is -1.20. The van der Waals surface area contributed by atoms with Crippen LogP contribution in [0.2, 0.25) is 0 Å². The Balaban J connectivity index is 2.16. The summed E-state index contributed by atoms with van der Waals surface area (Å²) in [6.07, 6.45) is 3.16. The van der Waals surface area contributed by atoms with Crippen LogP contribution in [0.4, 0.5) is 5.69 Å². The van der Waals surface area contributed by atoms with E-state index < -0.39 is 0 Å². The standard InChI is InChI=1S/C12H8Br2N2O/c13-10-4-3-9(6-11(10)14)16-12(17)8-2-1-5-15-7-8/h1-7H,(H,16,17). The fraction of sp³-hybridized carbons (Fsp3) is 0. The normalized spacial score (nSPS) is 10.0. The van der Waals surface area contributed by atoms with Gasteiger partial charge in [-0.3, -0.25) is 9.78 Å². The average molecular weight is 356 g/mol. The van der Waals surface area contributed by atoms with Gasteiger partial charge in [-0.25, -0.2) is 0 Å². The van der Waals surface area contributed by atoms with Crippen LogP contribution in [0.3, 0.4) is 0 Å². The molecule has 1 aromatic carbocycles. The molecule has 0 aliphatic heterocycles. The minimum atomic E-state index is -0.174. The molecule has 86 valence electrons. The van der Waals surface area contributed by atoms with E-state index in [0.29, 0.717) is 5.56 Å². The molecule has 0 aliphatic carbocycles. The average Bonchev–Trinajstić information content (AvgIpc) is 2.35. The number of nitrogens with one attached hydrogen (secondary N) is 1. The molecule has 0 saturated carbocycles. The van der Waals surface area contributed by atoms with Crippen molar-refractivity contribution in [1.29, 1.82) is 0 Å². The summed E-state index contributed by atoms with van der Waals surface area (Å²) < 4.78 is 1.83. The Kier molecular flexibility index (Phi) is 3.91. The number of benzene rings is 1. The first-order valence-electron chi connectivity index (χ1n) is 4.83. The quantitative estimate of drug-likeness (QED) is 0.888. The van der Waals surface area contributed by atoms with Gasteiger partial charge in [-0.2, -0.15) is 0 Å². The highest BCUT2D eigenvalue weighted by molar-refractivity contribution is 9.13. The van der Waals surface area contributed by atoms with Gasteiger partial charge >= 0.3 is 0 Å². The Morgan fingerprint density at radius 1 is 1.18 bits per heavy atom. The van der Waals surface area contributed by atoms with Gasteiger partial charge in [-0.15, -0.1) is 0 Å². The molecule has 2 rings (SSSR count). The van der Waals surface area contributed by atoms with E-state index in [4.69, 9.17) is 0 Å². The summed E-state index contributed by atoms with van der Waals surface area (Å²) in [7, 11) is 0. The minimum Gasteiger partial charge on any atom is -0.322 e. The zero-order chi connectivity index (χ0) is 12.3. The van der Waals surface area contributed by atoms with Gasteiger partial charge in [0.1, 0.15) is 0 Å². The number of halogens is 2. The lowest BCUT2D eigenvalue weighted by atomic mass is 10.2. The zero-order valence-corrected chi connectivity index (χ0v) is 11.8. The third-order valence-electron chi connectivity index (χ3n) is 2.10. The molecule has 1 heterocycles. The minimum absolute atomic E-state index is 0.174. The van der Waals surface area contributed by atoms with Crippen LogP contribution in [-0.4, -0.2) is 10.9 Å². The van der Waals surface area contributed by atoms with E-state index in [-0.39, 0.29) is 5.91 Å². The second-order valence-corrected chi connectivity index (χ2v) is 5.03. The number of rotatable bonds is 2. The van der Waals surface area contributed by atoms with E-state index >= 15 is 0 Å². The molecule has 0 unspecified atom stereocenters. The topological polar surface area (TPSA) is 42.0 Å². The third kappa shape index (κ3) is 3.14. The predicted octanol–water partition coefficient (Wildman–Crippen LogP) is 3.86. The molecule has 0 fully saturated rings. The van der Waals surface area contributed by atoms with Crippen LogP contribution in [0.15, 0.2) is 51.7 Å². The summed E-state index contributed by atoms with van der Waals surface area (Å²) >= 11 is 6.75. The van der Waals surface area contributed by atoms with Crippen LogP contribution in [0.25, 0.3) is 0 Å². The van der Waals surface area contributed by atoms with Gasteiger partial charge in [0, 0.05) is 27.0 Å². The van der Waals surface area contributed by atoms with Crippen molar-refractivity contribution in [1.82, 2.24) is 4.98 Å². The molecule has 1 aromatic heterocycles. The Morgan fingerprint density at radius 3 is 2.65 bits per heavy atom. The summed E-state index contributed by atoms with van der Waals surface area (Å²) in [5.41, 5.74) is 1.26. The van der Waals surface area contributed by atoms with Crippen molar-refractivity contribution >= 4 is 43.5 Å². The lowest BCUT2D eigenvalue weighted by molar-refractivity contribution is 0.102. The van der Waals surface area contributed by atoms with Crippen molar-refractivity contribution in [2.75, 3.05) is 5.32 Å². The van der Waals surface area contributed by atoms with E-state index in [1.165, 1.54) is 6.20 Å². The maximum atomic E-state index is 11.8. The second kappa shape index (κ2) is 5.42. The number of pyridine rings is 1. The first-order valence-corrected chi connectivity index (χ1v) is 6.42. The van der Waals surface area contributed by atoms with Crippen molar-refractivity contribution in [2.24, 2.45) is 0 Å². The molecule has 0 aliphatic rings. The fourth-order valence-electron chi connectivity index (χ4n) is 1.27. The van der Waals surface area contributed by atoms with Crippen molar-refractivity contribution in [3.05, 3.63) is 57.2 Å². The van der Waals surface area contributed by atoms with E-state index in [1.807, 2.05) is 18.2 Å². The number of nitrogens with zero attached hydrogens (tertiary/aromatic N) is 1. The van der Waals surface area contributed by atoms with E-state index in [9.17, 15) is 4.79 Å². The van der Waals surface area contributed by atoms with E-state index in [2.05, 4.69) is 42.2 Å². The number of carbonyl (C=O) groups is 1. The lowest BCUT2D eigenvalue weighted by Gasteiger charge is -2.06. The molecular weight excluding hydrogens is 348 g/mol. The van der Waals surface area contributed by atoms with Gasteiger partial charge in [-0.05, 0) is 62.2 Å².